The number of rotatable bonds is 3. The van der Waals surface area contributed by atoms with Crippen LogP contribution in [0.4, 0.5) is 0 Å². The zero-order valence-electron chi connectivity index (χ0n) is 6.46. The molecule has 1 atom stereocenters. The van der Waals surface area contributed by atoms with Crippen LogP contribution in [-0.2, 0) is 4.79 Å². The molecule has 4 nitrogen and oxygen atoms in total. The number of carboxylic acids is 1. The molecule has 72 valence electrons. The molecule has 1 unspecified atom stereocenters. The molecule has 3 N–H and O–H groups in total. The lowest BCUT2D eigenvalue weighted by Gasteiger charge is -2.03. The van der Waals surface area contributed by atoms with Gasteiger partial charge in [0.2, 0.25) is 0 Å². The first-order valence-corrected chi connectivity index (χ1v) is 5.01. The molecular weight excluding hydrogens is 306 g/mol. The van der Waals surface area contributed by atoms with Gasteiger partial charge in [-0.05, 0) is 37.9 Å². The molecule has 6 heteroatoms. The van der Waals surface area contributed by atoms with Gasteiger partial charge in [0, 0.05) is 0 Å². The van der Waals surface area contributed by atoms with Gasteiger partial charge in [-0.25, -0.2) is 0 Å². The molecule has 0 fully saturated rings. The van der Waals surface area contributed by atoms with E-state index in [9.17, 15) is 4.79 Å². The zero-order chi connectivity index (χ0) is 10.0. The van der Waals surface area contributed by atoms with Crippen LogP contribution in [0.25, 0.3) is 0 Å². The van der Waals surface area contributed by atoms with E-state index >= 15 is 0 Å². The lowest BCUT2D eigenvalue weighted by Crippen LogP contribution is -2.14. The Bertz CT molecular complexity index is 304. The molecule has 0 bridgehead atoms. The first-order valence-electron chi connectivity index (χ1n) is 3.43. The van der Waals surface area contributed by atoms with Crippen molar-refractivity contribution in [2.45, 2.75) is 12.5 Å². The van der Waals surface area contributed by atoms with Crippen molar-refractivity contribution in [2.75, 3.05) is 0 Å². The average molecular weight is 313 g/mol. The molecule has 1 aromatic heterocycles. The second-order valence-corrected chi connectivity index (χ2v) is 4.05. The highest BCUT2D eigenvalue weighted by Crippen LogP contribution is 2.29. The van der Waals surface area contributed by atoms with Crippen molar-refractivity contribution in [1.29, 1.82) is 0 Å². The van der Waals surface area contributed by atoms with E-state index in [-0.39, 0.29) is 6.42 Å². The number of hydrogen-bond acceptors (Lipinski definition) is 3. The summed E-state index contributed by atoms with van der Waals surface area (Å²) >= 11 is 6.34. The predicted octanol–water partition coefficient (Wildman–Crippen LogP) is 2.28. The molecule has 0 aliphatic carbocycles. The quantitative estimate of drug-likeness (QED) is 0.897. The topological polar surface area (TPSA) is 76.5 Å². The third-order valence-corrected chi connectivity index (χ3v) is 3.13. The summed E-state index contributed by atoms with van der Waals surface area (Å²) in [6.07, 6.45) is -0.146. The fraction of sp³-hybridized carbons (Fsp3) is 0.286. The second kappa shape index (κ2) is 4.26. The third kappa shape index (κ3) is 2.82. The van der Waals surface area contributed by atoms with E-state index in [1.54, 1.807) is 6.07 Å². The highest BCUT2D eigenvalue weighted by Gasteiger charge is 2.16. The van der Waals surface area contributed by atoms with E-state index in [1.807, 2.05) is 0 Å². The van der Waals surface area contributed by atoms with Crippen molar-refractivity contribution in [1.82, 2.24) is 0 Å². The molecule has 1 aromatic rings. The fourth-order valence-corrected chi connectivity index (χ4v) is 1.44. The van der Waals surface area contributed by atoms with E-state index in [0.29, 0.717) is 10.4 Å². The average Bonchev–Trinajstić information content (AvgIpc) is 2.31. The summed E-state index contributed by atoms with van der Waals surface area (Å²) < 4.78 is 6.40. The highest BCUT2D eigenvalue weighted by molar-refractivity contribution is 9.13. The Morgan fingerprint density at radius 1 is 1.69 bits per heavy atom. The maximum Gasteiger partial charge on any atom is 0.305 e. The van der Waals surface area contributed by atoms with Crippen LogP contribution in [0, 0.1) is 0 Å². The largest absolute Gasteiger partial charge is 0.481 e. The zero-order valence-corrected chi connectivity index (χ0v) is 9.63. The Morgan fingerprint density at radius 2 is 2.31 bits per heavy atom. The Kier molecular flexibility index (Phi) is 3.52. The molecule has 0 amide bonds. The van der Waals surface area contributed by atoms with E-state index in [4.69, 9.17) is 15.3 Å². The minimum atomic E-state index is -0.948. The van der Waals surface area contributed by atoms with Crippen LogP contribution >= 0.6 is 31.9 Å². The molecule has 0 radical (unpaired) electrons. The number of nitrogens with two attached hydrogens (primary N) is 1. The number of aliphatic carboxylic acids is 1. The maximum atomic E-state index is 10.3. The van der Waals surface area contributed by atoms with Crippen LogP contribution in [0.15, 0.2) is 19.6 Å². The minimum absolute atomic E-state index is 0.146. The van der Waals surface area contributed by atoms with Crippen molar-refractivity contribution < 1.29 is 14.3 Å². The Morgan fingerprint density at radius 3 is 2.69 bits per heavy atom. The first-order chi connectivity index (χ1) is 6.00. The second-order valence-electron chi connectivity index (χ2n) is 2.47. The lowest BCUT2D eigenvalue weighted by molar-refractivity contribution is -0.137. The standard InChI is InChI=1S/C7H7Br2NO3/c8-3-1-5(13-7(3)9)4(10)2-6(11)12/h1,4H,2,10H2,(H,11,12). The van der Waals surface area contributed by atoms with Crippen molar-refractivity contribution in [3.63, 3.8) is 0 Å². The van der Waals surface area contributed by atoms with Gasteiger partial charge in [-0.2, -0.15) is 0 Å². The summed E-state index contributed by atoms with van der Waals surface area (Å²) in [4.78, 5) is 10.3. The number of hydrogen-bond donors (Lipinski definition) is 2. The van der Waals surface area contributed by atoms with Crippen molar-refractivity contribution in [2.24, 2.45) is 5.73 Å². The third-order valence-electron chi connectivity index (χ3n) is 1.42. The van der Waals surface area contributed by atoms with Gasteiger partial charge in [0.05, 0.1) is 16.9 Å². The van der Waals surface area contributed by atoms with Crippen LogP contribution in [0.2, 0.25) is 0 Å². The highest BCUT2D eigenvalue weighted by atomic mass is 79.9. The summed E-state index contributed by atoms with van der Waals surface area (Å²) in [5, 5.41) is 8.48. The first kappa shape index (κ1) is 10.7. The molecule has 0 saturated carbocycles. The van der Waals surface area contributed by atoms with Crippen LogP contribution in [0.5, 0.6) is 0 Å². The molecule has 0 aliphatic rings. The van der Waals surface area contributed by atoms with Crippen LogP contribution in [0.1, 0.15) is 18.2 Å². The summed E-state index contributed by atoms with van der Waals surface area (Å²) in [6, 6.07) is 1.04. The SMILES string of the molecule is NC(CC(=O)O)c1cc(Br)c(Br)o1. The predicted molar refractivity (Wildman–Crippen MR) is 53.3 cm³/mol. The van der Waals surface area contributed by atoms with E-state index < -0.39 is 12.0 Å². The fourth-order valence-electron chi connectivity index (χ4n) is 0.835. The van der Waals surface area contributed by atoms with Gasteiger partial charge in [-0.15, -0.1) is 0 Å². The smallest absolute Gasteiger partial charge is 0.305 e. The molecule has 0 spiro atoms. The summed E-state index contributed by atoms with van der Waals surface area (Å²) in [6.45, 7) is 0. The van der Waals surface area contributed by atoms with E-state index in [1.165, 1.54) is 0 Å². The van der Waals surface area contributed by atoms with Gasteiger partial charge < -0.3 is 15.3 Å². The van der Waals surface area contributed by atoms with Gasteiger partial charge in [0.25, 0.3) is 0 Å². The minimum Gasteiger partial charge on any atom is -0.481 e. The Balaban J connectivity index is 2.77. The molecule has 0 aliphatic heterocycles. The van der Waals surface area contributed by atoms with Crippen LogP contribution in [0.3, 0.4) is 0 Å². The number of furan rings is 1. The van der Waals surface area contributed by atoms with E-state index in [2.05, 4.69) is 31.9 Å². The molecule has 0 saturated heterocycles. The summed E-state index contributed by atoms with van der Waals surface area (Å²) in [5.41, 5.74) is 5.56. The molecule has 1 heterocycles. The van der Waals surface area contributed by atoms with Crippen LogP contribution < -0.4 is 5.73 Å². The molecular formula is C7H7Br2NO3. The van der Waals surface area contributed by atoms with Crippen LogP contribution in [-0.4, -0.2) is 11.1 Å². The monoisotopic (exact) mass is 311 g/mol. The lowest BCUT2D eigenvalue weighted by atomic mass is 10.2. The molecule has 13 heavy (non-hydrogen) atoms. The number of halogens is 2. The Labute approximate surface area is 91.4 Å². The van der Waals surface area contributed by atoms with Crippen molar-refractivity contribution in [3.8, 4) is 0 Å². The molecule has 1 rings (SSSR count). The van der Waals surface area contributed by atoms with Gasteiger partial charge in [-0.3, -0.25) is 4.79 Å². The van der Waals surface area contributed by atoms with Gasteiger partial charge in [-0.1, -0.05) is 0 Å². The Hall–Kier alpha value is -0.330. The number of carbonyl (C=O) groups is 1. The normalized spacial score (nSPS) is 12.8. The summed E-state index contributed by atoms with van der Waals surface area (Å²) in [7, 11) is 0. The van der Waals surface area contributed by atoms with Crippen molar-refractivity contribution >= 4 is 37.8 Å². The van der Waals surface area contributed by atoms with Crippen molar-refractivity contribution in [3.05, 3.63) is 21.0 Å². The molecule has 0 aromatic carbocycles. The number of carboxylic acid groups (broad SMARTS) is 1. The van der Waals surface area contributed by atoms with Gasteiger partial charge in [0.15, 0.2) is 4.67 Å². The van der Waals surface area contributed by atoms with E-state index in [0.717, 1.165) is 4.47 Å². The van der Waals surface area contributed by atoms with Gasteiger partial charge in [0.1, 0.15) is 5.76 Å². The van der Waals surface area contributed by atoms with Gasteiger partial charge >= 0.3 is 5.97 Å². The maximum absolute atomic E-state index is 10.3. The summed E-state index contributed by atoms with van der Waals surface area (Å²) in [5.74, 6) is -0.503.